The molecule has 0 saturated carbocycles. The Labute approximate surface area is 184 Å². The zero-order valence-electron chi connectivity index (χ0n) is 17.8. The fourth-order valence-electron chi connectivity index (χ4n) is 3.46. The van der Waals surface area contributed by atoms with Gasteiger partial charge in [-0.3, -0.25) is 14.6 Å². The second kappa shape index (κ2) is 9.96. The number of carbonyl (C=O) groups is 3. The molecule has 1 aliphatic heterocycles. The van der Waals surface area contributed by atoms with Crippen LogP contribution in [0.3, 0.4) is 0 Å². The minimum atomic E-state index is -5.23. The summed E-state index contributed by atoms with van der Waals surface area (Å²) in [5.41, 5.74) is -0.738. The number of aliphatic imine (C=N–C) groups is 1. The average molecular weight is 478 g/mol. The molecule has 0 saturated heterocycles. The average Bonchev–Trinajstić information content (AvgIpc) is 2.72. The molecule has 8 nitrogen and oxygen atoms in total. The van der Waals surface area contributed by atoms with Gasteiger partial charge in [0, 0.05) is 28.6 Å². The monoisotopic (exact) mass is 478 g/mol. The molecule has 0 bridgehead atoms. The number of hydrogen-bond donors (Lipinski definition) is 1. The van der Waals surface area contributed by atoms with Crippen LogP contribution in [0.25, 0.3) is 0 Å². The van der Waals surface area contributed by atoms with Crippen LogP contribution in [0, 0.1) is 5.92 Å². The van der Waals surface area contributed by atoms with Crippen LogP contribution in [0.4, 0.5) is 27.6 Å². The van der Waals surface area contributed by atoms with Crippen molar-refractivity contribution in [3.8, 4) is 5.75 Å². The van der Waals surface area contributed by atoms with Crippen LogP contribution in [0.2, 0.25) is 0 Å². The van der Waals surface area contributed by atoms with E-state index in [1.807, 2.05) is 0 Å². The number of rotatable bonds is 6. The van der Waals surface area contributed by atoms with E-state index in [2.05, 4.69) is 9.73 Å². The topological polar surface area (TPSA) is 103 Å². The van der Waals surface area contributed by atoms with Crippen LogP contribution in [-0.4, -0.2) is 50.6 Å². The summed E-state index contributed by atoms with van der Waals surface area (Å²) in [7, 11) is 2.08. The van der Waals surface area contributed by atoms with Gasteiger partial charge in [-0.1, -0.05) is 0 Å². The van der Waals surface area contributed by atoms with Crippen LogP contribution in [0.1, 0.15) is 25.3 Å². The Hall–Kier alpha value is -3.51. The molecule has 13 heteroatoms. The maximum absolute atomic E-state index is 13.1. The third kappa shape index (κ3) is 5.65. The Morgan fingerprint density at radius 1 is 1.09 bits per heavy atom. The molecule has 1 amide bonds. The number of carbonyl (C=O) groups excluding carboxylic acids is 3. The Kier molecular flexibility index (Phi) is 7.77. The van der Waals surface area contributed by atoms with Crippen LogP contribution in [0.15, 0.2) is 34.5 Å². The molecule has 0 fully saturated rings. The van der Waals surface area contributed by atoms with E-state index in [0.29, 0.717) is 0 Å². The number of hydrogen-bond acceptors (Lipinski definition) is 7. The number of esters is 2. The second-order valence-corrected chi connectivity index (χ2v) is 6.81. The highest BCUT2D eigenvalue weighted by Gasteiger charge is 2.44. The van der Waals surface area contributed by atoms with Gasteiger partial charge < -0.3 is 19.5 Å². The summed E-state index contributed by atoms with van der Waals surface area (Å²) in [6.07, 6.45) is -5.23. The SMILES string of the molecule is COC(=O)C1=C(C)N=C(C)C(C(=O)OC)[C@@H]1c1cc(NC(=O)C(F)(F)F)ccc1OC(F)F. The van der Waals surface area contributed by atoms with Gasteiger partial charge in [0.1, 0.15) is 11.7 Å². The number of nitrogens with zero attached hydrogens (tertiary/aromatic N) is 1. The lowest BCUT2D eigenvalue weighted by Crippen LogP contribution is -2.36. The van der Waals surface area contributed by atoms with Gasteiger partial charge in [-0.2, -0.15) is 22.0 Å². The van der Waals surface area contributed by atoms with E-state index >= 15 is 0 Å². The van der Waals surface area contributed by atoms with Crippen LogP contribution >= 0.6 is 0 Å². The smallest absolute Gasteiger partial charge is 0.468 e. The minimum absolute atomic E-state index is 0.0808. The largest absolute Gasteiger partial charge is 0.471 e. The minimum Gasteiger partial charge on any atom is -0.468 e. The molecule has 1 N–H and O–H groups in total. The van der Waals surface area contributed by atoms with Gasteiger partial charge >= 0.3 is 30.6 Å². The molecule has 0 radical (unpaired) electrons. The highest BCUT2D eigenvalue weighted by atomic mass is 19.4. The van der Waals surface area contributed by atoms with Gasteiger partial charge in [-0.15, -0.1) is 0 Å². The van der Waals surface area contributed by atoms with Gasteiger partial charge in [0.15, 0.2) is 0 Å². The van der Waals surface area contributed by atoms with Crippen LogP contribution in [0.5, 0.6) is 5.75 Å². The van der Waals surface area contributed by atoms with Crippen molar-refractivity contribution in [2.24, 2.45) is 10.9 Å². The van der Waals surface area contributed by atoms with Crippen molar-refractivity contribution in [3.63, 3.8) is 0 Å². The third-order valence-electron chi connectivity index (χ3n) is 4.76. The molecular formula is C20H19F5N2O6. The standard InChI is InChI=1S/C20H19F5N2O6/c1-8-13(16(28)31-3)15(14(9(2)26-8)17(29)32-4)11-7-10(27-18(30)20(23,24)25)5-6-12(11)33-19(21)22/h5-7,13,15,19H,1-4H3,(H,27,30)/t13?,15-/m0/s1. The number of ether oxygens (including phenoxy) is 3. The Morgan fingerprint density at radius 2 is 1.73 bits per heavy atom. The highest BCUT2D eigenvalue weighted by Crippen LogP contribution is 2.44. The molecular weight excluding hydrogens is 459 g/mol. The first-order valence-corrected chi connectivity index (χ1v) is 9.20. The summed E-state index contributed by atoms with van der Waals surface area (Å²) >= 11 is 0. The number of benzene rings is 1. The van der Waals surface area contributed by atoms with Crippen molar-refractivity contribution in [1.29, 1.82) is 0 Å². The van der Waals surface area contributed by atoms with Crippen molar-refractivity contribution in [3.05, 3.63) is 35.0 Å². The van der Waals surface area contributed by atoms with Crippen molar-refractivity contribution < 1.29 is 50.5 Å². The maximum Gasteiger partial charge on any atom is 0.471 e. The number of anilines is 1. The first kappa shape index (κ1) is 25.7. The Bertz CT molecular complexity index is 1020. The molecule has 2 atom stereocenters. The Morgan fingerprint density at radius 3 is 2.24 bits per heavy atom. The van der Waals surface area contributed by atoms with E-state index in [1.165, 1.54) is 13.8 Å². The summed E-state index contributed by atoms with van der Waals surface area (Å²) in [4.78, 5) is 40.6. The lowest BCUT2D eigenvalue weighted by Gasteiger charge is -2.32. The van der Waals surface area contributed by atoms with Crippen molar-refractivity contribution in [2.45, 2.75) is 32.6 Å². The van der Waals surface area contributed by atoms with E-state index < -0.39 is 53.9 Å². The number of halogens is 5. The summed E-state index contributed by atoms with van der Waals surface area (Å²) < 4.78 is 78.2. The fraction of sp³-hybridized carbons (Fsp3) is 0.400. The zero-order chi connectivity index (χ0) is 25.1. The number of alkyl halides is 5. The molecule has 0 aromatic heterocycles. The van der Waals surface area contributed by atoms with Crippen molar-refractivity contribution >= 4 is 29.2 Å². The molecule has 1 unspecified atom stereocenters. The second-order valence-electron chi connectivity index (χ2n) is 6.81. The highest BCUT2D eigenvalue weighted by molar-refractivity contribution is 6.07. The molecule has 0 aliphatic carbocycles. The zero-order valence-corrected chi connectivity index (χ0v) is 17.8. The summed E-state index contributed by atoms with van der Waals surface area (Å²) in [6.45, 7) is -0.519. The first-order valence-electron chi connectivity index (χ1n) is 9.20. The predicted octanol–water partition coefficient (Wildman–Crippen LogP) is 3.58. The van der Waals surface area contributed by atoms with Crippen LogP contribution in [-0.2, 0) is 23.9 Å². The maximum atomic E-state index is 13.1. The van der Waals surface area contributed by atoms with Crippen molar-refractivity contribution in [2.75, 3.05) is 19.5 Å². The van der Waals surface area contributed by atoms with Gasteiger partial charge in [0.05, 0.1) is 19.8 Å². The van der Waals surface area contributed by atoms with Gasteiger partial charge in [0.25, 0.3) is 0 Å². The Balaban J connectivity index is 2.78. The quantitative estimate of drug-likeness (QED) is 0.495. The lowest BCUT2D eigenvalue weighted by atomic mass is 9.75. The number of amides is 1. The van der Waals surface area contributed by atoms with E-state index in [4.69, 9.17) is 9.47 Å². The van der Waals surface area contributed by atoms with E-state index in [9.17, 15) is 36.3 Å². The number of allylic oxidation sites excluding steroid dienone is 1. The molecule has 1 aromatic carbocycles. The first-order chi connectivity index (χ1) is 15.3. The van der Waals surface area contributed by atoms with Gasteiger partial charge in [-0.05, 0) is 32.0 Å². The lowest BCUT2D eigenvalue weighted by molar-refractivity contribution is -0.167. The summed E-state index contributed by atoms with van der Waals surface area (Å²) in [5.74, 6) is -7.45. The molecule has 1 heterocycles. The van der Waals surface area contributed by atoms with Gasteiger partial charge in [0.2, 0.25) is 0 Å². The summed E-state index contributed by atoms with van der Waals surface area (Å²) in [6, 6.07) is 2.68. The number of methoxy groups -OCH3 is 2. The number of nitrogens with one attached hydrogen (secondary N) is 1. The molecule has 180 valence electrons. The van der Waals surface area contributed by atoms with E-state index in [-0.39, 0.29) is 22.5 Å². The molecule has 2 rings (SSSR count). The molecule has 33 heavy (non-hydrogen) atoms. The third-order valence-corrected chi connectivity index (χ3v) is 4.76. The van der Waals surface area contributed by atoms with E-state index in [0.717, 1.165) is 32.4 Å². The van der Waals surface area contributed by atoms with Gasteiger partial charge in [-0.25, -0.2) is 4.79 Å². The molecule has 1 aromatic rings. The van der Waals surface area contributed by atoms with E-state index in [1.54, 1.807) is 5.32 Å². The molecule has 0 spiro atoms. The normalized spacial score (nSPS) is 18.5. The molecule has 1 aliphatic rings. The fourth-order valence-corrected chi connectivity index (χ4v) is 3.46. The summed E-state index contributed by atoms with van der Waals surface area (Å²) in [5, 5.41) is 1.59. The van der Waals surface area contributed by atoms with Crippen LogP contribution < -0.4 is 10.1 Å². The predicted molar refractivity (Wildman–Crippen MR) is 104 cm³/mol. The van der Waals surface area contributed by atoms with Crippen molar-refractivity contribution in [1.82, 2.24) is 0 Å².